The molecule has 1 heterocycles. The molecule has 6 heteroatoms. The molecule has 182 valence electrons. The lowest BCUT2D eigenvalue weighted by molar-refractivity contribution is -0.137. The fourth-order valence-corrected chi connectivity index (χ4v) is 3.86. The maximum Gasteiger partial charge on any atom is 0.246 e. The third-order valence-corrected chi connectivity index (χ3v) is 5.82. The second-order valence-electron chi connectivity index (χ2n) is 8.99. The molecule has 0 aromatic heterocycles. The molecule has 1 saturated heterocycles. The molecular weight excluding hydrogens is 428 g/mol. The van der Waals surface area contributed by atoms with Gasteiger partial charge in [0.2, 0.25) is 11.8 Å². The lowest BCUT2D eigenvalue weighted by Gasteiger charge is -2.34. The van der Waals surface area contributed by atoms with Crippen molar-refractivity contribution in [2.75, 3.05) is 39.9 Å². The molecule has 2 aromatic rings. The van der Waals surface area contributed by atoms with Gasteiger partial charge in [-0.05, 0) is 48.1 Å². The largest absolute Gasteiger partial charge is 0.493 e. The van der Waals surface area contributed by atoms with Crippen LogP contribution in [0.4, 0.5) is 0 Å². The molecule has 0 aliphatic carbocycles. The summed E-state index contributed by atoms with van der Waals surface area (Å²) >= 11 is 0. The minimum Gasteiger partial charge on any atom is -0.493 e. The van der Waals surface area contributed by atoms with E-state index in [-0.39, 0.29) is 11.8 Å². The van der Waals surface area contributed by atoms with E-state index in [2.05, 4.69) is 26.0 Å². The normalized spacial score (nSPS) is 14.0. The van der Waals surface area contributed by atoms with Crippen molar-refractivity contribution in [3.63, 3.8) is 0 Å². The van der Waals surface area contributed by atoms with Crippen LogP contribution in [0.1, 0.15) is 37.8 Å². The fraction of sp³-hybridized carbons (Fsp3) is 0.429. The quantitative estimate of drug-likeness (QED) is 0.488. The molecule has 34 heavy (non-hydrogen) atoms. The maximum atomic E-state index is 12.7. The second-order valence-corrected chi connectivity index (χ2v) is 8.99. The van der Waals surface area contributed by atoms with Crippen molar-refractivity contribution < 1.29 is 19.1 Å². The smallest absolute Gasteiger partial charge is 0.246 e. The van der Waals surface area contributed by atoms with Crippen molar-refractivity contribution in [1.82, 2.24) is 9.80 Å². The van der Waals surface area contributed by atoms with Crippen LogP contribution in [0.15, 0.2) is 54.6 Å². The highest BCUT2D eigenvalue weighted by Crippen LogP contribution is 2.29. The maximum absolute atomic E-state index is 12.7. The van der Waals surface area contributed by atoms with Gasteiger partial charge in [-0.1, -0.05) is 50.2 Å². The van der Waals surface area contributed by atoms with E-state index in [0.717, 1.165) is 18.4 Å². The number of ether oxygens (including phenoxy) is 2. The Hall–Kier alpha value is -3.28. The first kappa shape index (κ1) is 25.3. The number of rotatable bonds is 10. The van der Waals surface area contributed by atoms with Crippen LogP contribution in [0, 0.1) is 5.92 Å². The average molecular weight is 465 g/mol. The van der Waals surface area contributed by atoms with Crippen molar-refractivity contribution in [3.8, 4) is 11.5 Å². The van der Waals surface area contributed by atoms with Crippen molar-refractivity contribution in [3.05, 3.63) is 65.7 Å². The molecule has 3 rings (SSSR count). The van der Waals surface area contributed by atoms with Crippen LogP contribution in [0.5, 0.6) is 11.5 Å². The van der Waals surface area contributed by atoms with Gasteiger partial charge in [-0.3, -0.25) is 9.59 Å². The summed E-state index contributed by atoms with van der Waals surface area (Å²) in [5, 5.41) is 0. The highest BCUT2D eigenvalue weighted by atomic mass is 16.5. The molecular formula is C28H36N2O4. The van der Waals surface area contributed by atoms with E-state index in [9.17, 15) is 9.59 Å². The number of benzene rings is 2. The number of piperazine rings is 1. The Morgan fingerprint density at radius 3 is 2.35 bits per heavy atom. The summed E-state index contributed by atoms with van der Waals surface area (Å²) in [6, 6.07) is 15.9. The van der Waals surface area contributed by atoms with E-state index in [1.807, 2.05) is 41.3 Å². The molecule has 0 spiro atoms. The Bertz CT molecular complexity index is 964. The van der Waals surface area contributed by atoms with Crippen LogP contribution < -0.4 is 9.47 Å². The number of aryl methyl sites for hydroxylation is 1. The second kappa shape index (κ2) is 12.8. The number of methoxy groups -OCH3 is 1. The van der Waals surface area contributed by atoms with Gasteiger partial charge in [-0.25, -0.2) is 0 Å². The molecule has 0 saturated carbocycles. The minimum atomic E-state index is -0.0460. The third-order valence-electron chi connectivity index (χ3n) is 5.82. The van der Waals surface area contributed by atoms with Gasteiger partial charge in [0.15, 0.2) is 11.5 Å². The van der Waals surface area contributed by atoms with E-state index in [0.29, 0.717) is 56.6 Å². The predicted molar refractivity (Wildman–Crippen MR) is 135 cm³/mol. The molecule has 2 aromatic carbocycles. The summed E-state index contributed by atoms with van der Waals surface area (Å²) in [5.74, 6) is 1.89. The molecule has 0 radical (unpaired) electrons. The van der Waals surface area contributed by atoms with Gasteiger partial charge in [-0.2, -0.15) is 0 Å². The van der Waals surface area contributed by atoms with Crippen molar-refractivity contribution in [1.29, 1.82) is 0 Å². The number of carbonyl (C=O) groups is 2. The summed E-state index contributed by atoms with van der Waals surface area (Å²) < 4.78 is 11.2. The topological polar surface area (TPSA) is 59.1 Å². The van der Waals surface area contributed by atoms with Gasteiger partial charge in [0.1, 0.15) is 0 Å². The fourth-order valence-electron chi connectivity index (χ4n) is 3.86. The summed E-state index contributed by atoms with van der Waals surface area (Å²) in [5.41, 5.74) is 2.13. The Morgan fingerprint density at radius 2 is 1.68 bits per heavy atom. The monoisotopic (exact) mass is 464 g/mol. The summed E-state index contributed by atoms with van der Waals surface area (Å²) in [6.07, 6.45) is 5.67. The third kappa shape index (κ3) is 7.65. The molecule has 0 bridgehead atoms. The van der Waals surface area contributed by atoms with Gasteiger partial charge >= 0.3 is 0 Å². The van der Waals surface area contributed by atoms with Crippen LogP contribution in [0.2, 0.25) is 0 Å². The Kier molecular flexibility index (Phi) is 9.56. The lowest BCUT2D eigenvalue weighted by atomic mass is 10.1. The van der Waals surface area contributed by atoms with Crippen molar-refractivity contribution >= 4 is 17.9 Å². The summed E-state index contributed by atoms with van der Waals surface area (Å²) in [4.78, 5) is 28.9. The van der Waals surface area contributed by atoms with E-state index in [4.69, 9.17) is 9.47 Å². The highest BCUT2D eigenvalue weighted by Gasteiger charge is 2.22. The Balaban J connectivity index is 1.44. The molecule has 1 aliphatic heterocycles. The van der Waals surface area contributed by atoms with Crippen molar-refractivity contribution in [2.24, 2.45) is 5.92 Å². The van der Waals surface area contributed by atoms with E-state index in [1.165, 1.54) is 5.56 Å². The van der Waals surface area contributed by atoms with Gasteiger partial charge in [-0.15, -0.1) is 0 Å². The number of amides is 2. The first-order valence-corrected chi connectivity index (χ1v) is 12.1. The Labute approximate surface area is 203 Å². The number of hydrogen-bond donors (Lipinski definition) is 0. The van der Waals surface area contributed by atoms with Gasteiger partial charge in [0.25, 0.3) is 0 Å². The molecule has 1 aliphatic rings. The van der Waals surface area contributed by atoms with E-state index >= 15 is 0 Å². The van der Waals surface area contributed by atoms with Gasteiger partial charge < -0.3 is 19.3 Å². The highest BCUT2D eigenvalue weighted by molar-refractivity contribution is 5.92. The average Bonchev–Trinajstić information content (AvgIpc) is 2.86. The van der Waals surface area contributed by atoms with E-state index in [1.54, 1.807) is 24.2 Å². The van der Waals surface area contributed by atoms with Gasteiger partial charge in [0.05, 0.1) is 13.7 Å². The standard InChI is InChI=1S/C28H36N2O4/c1-22(2)21-34-25-14-12-24(20-26(25)33-3)13-15-28(32)30-18-16-29(17-19-30)27(31)11-7-10-23-8-5-4-6-9-23/h4-6,8-9,12-15,20,22H,7,10-11,16-19,21H2,1-3H3/b15-13+. The van der Waals surface area contributed by atoms with Crippen LogP contribution in [-0.2, 0) is 16.0 Å². The van der Waals surface area contributed by atoms with Gasteiger partial charge in [0, 0.05) is 38.7 Å². The molecule has 2 amide bonds. The Morgan fingerprint density at radius 1 is 0.971 bits per heavy atom. The zero-order valence-electron chi connectivity index (χ0n) is 20.5. The molecule has 6 nitrogen and oxygen atoms in total. The van der Waals surface area contributed by atoms with Crippen LogP contribution in [0.25, 0.3) is 6.08 Å². The summed E-state index contributed by atoms with van der Waals surface area (Å²) in [6.45, 7) is 7.08. The molecule has 0 atom stereocenters. The minimum absolute atomic E-state index is 0.0460. The first-order chi connectivity index (χ1) is 16.5. The van der Waals surface area contributed by atoms with Crippen molar-refractivity contribution in [2.45, 2.75) is 33.1 Å². The lowest BCUT2D eigenvalue weighted by Crippen LogP contribution is -2.50. The first-order valence-electron chi connectivity index (χ1n) is 12.1. The predicted octanol–water partition coefficient (Wildman–Crippen LogP) is 4.44. The van der Waals surface area contributed by atoms with Crippen LogP contribution in [0.3, 0.4) is 0 Å². The number of hydrogen-bond acceptors (Lipinski definition) is 4. The van der Waals surface area contributed by atoms with Crippen LogP contribution in [-0.4, -0.2) is 61.5 Å². The zero-order chi connectivity index (χ0) is 24.3. The molecule has 0 unspecified atom stereocenters. The van der Waals surface area contributed by atoms with E-state index < -0.39 is 0 Å². The van der Waals surface area contributed by atoms with Crippen LogP contribution >= 0.6 is 0 Å². The molecule has 0 N–H and O–H groups in total. The number of carbonyl (C=O) groups excluding carboxylic acids is 2. The molecule has 1 fully saturated rings. The summed E-state index contributed by atoms with van der Waals surface area (Å²) in [7, 11) is 1.61. The number of nitrogens with zero attached hydrogens (tertiary/aromatic N) is 2. The zero-order valence-corrected chi connectivity index (χ0v) is 20.5. The SMILES string of the molecule is COc1cc(/C=C/C(=O)N2CCN(C(=O)CCCc3ccccc3)CC2)ccc1OCC(C)C.